The topological polar surface area (TPSA) is 171 Å². The van der Waals surface area contributed by atoms with Gasteiger partial charge in [0.2, 0.25) is 0 Å². The van der Waals surface area contributed by atoms with Crippen LogP contribution in [0.5, 0.6) is 0 Å². The van der Waals surface area contributed by atoms with Crippen LogP contribution in [-0.2, 0) is 20.4 Å². The van der Waals surface area contributed by atoms with Crippen molar-refractivity contribution >= 4 is 0 Å². The fourth-order valence-corrected chi connectivity index (χ4v) is 0. The number of hydrogen-bond donors (Lipinski definition) is 0. The molecule has 0 aromatic rings. The van der Waals surface area contributed by atoms with Crippen molar-refractivity contribution in [1.82, 2.24) is 0 Å². The van der Waals surface area contributed by atoms with Crippen LogP contribution >= 0.6 is 0 Å². The van der Waals surface area contributed by atoms with Crippen molar-refractivity contribution in [2.24, 2.45) is 10.7 Å². The van der Waals surface area contributed by atoms with Crippen LogP contribution in [0.1, 0.15) is 0 Å². The Hall–Kier alpha value is -1.34. The van der Waals surface area contributed by atoms with Crippen molar-refractivity contribution < 1.29 is 25.5 Å². The molecule has 11 heavy (non-hydrogen) atoms. The summed E-state index contributed by atoms with van der Waals surface area (Å²) in [5.74, 6) is 0. The van der Waals surface area contributed by atoms with Gasteiger partial charge in [0.05, 0.1) is 5.09 Å². The molecule has 0 saturated carbocycles. The van der Waals surface area contributed by atoms with Gasteiger partial charge < -0.3 is 35.6 Å². The molecule has 0 spiro atoms. The maximum Gasteiger partial charge on any atom is 0.0689 e. The van der Waals surface area contributed by atoms with Gasteiger partial charge in [0.15, 0.2) is 0 Å². The van der Waals surface area contributed by atoms with Crippen molar-refractivity contribution in [2.45, 2.75) is 0 Å². The van der Waals surface area contributed by atoms with Gasteiger partial charge in [0, 0.05) is 20.4 Å². The molecule has 0 atom stereocenters. The van der Waals surface area contributed by atoms with E-state index in [0.29, 0.717) is 0 Å². The molecule has 0 aromatic heterocycles. The molecule has 0 aliphatic rings. The Kier molecular flexibility index (Phi) is 77.9. The molecular formula is N3O7Pd-3. The minimum absolute atomic E-state index is 0. The first kappa shape index (κ1) is 22.6. The van der Waals surface area contributed by atoms with E-state index in [2.05, 4.69) is 0 Å². The zero-order valence-electron chi connectivity index (χ0n) is 4.52. The summed E-state index contributed by atoms with van der Waals surface area (Å²) in [6, 6.07) is 0. The second-order valence-corrected chi connectivity index (χ2v) is 0.373. The number of hydrogen-bond acceptors (Lipinski definition) is 9. The van der Waals surface area contributed by atoms with Gasteiger partial charge in [-0.3, -0.25) is 0 Å². The van der Waals surface area contributed by atoms with E-state index in [-0.39, 0.29) is 20.4 Å². The molecule has 0 saturated heterocycles. The third kappa shape index (κ3) is 215. The normalized spacial score (nSPS) is 4.36. The van der Waals surface area contributed by atoms with Crippen LogP contribution in [-0.4, -0.2) is 5.09 Å². The third-order valence-electron chi connectivity index (χ3n) is 0. The summed E-state index contributed by atoms with van der Waals surface area (Å²) >= 11 is 0. The van der Waals surface area contributed by atoms with Gasteiger partial charge in [-0.2, -0.15) is 0 Å². The quantitative estimate of drug-likeness (QED) is 0.260. The molecule has 0 bridgehead atoms. The van der Waals surface area contributed by atoms with Crippen LogP contribution in [0.25, 0.3) is 0 Å². The summed E-state index contributed by atoms with van der Waals surface area (Å²) in [7, 11) is 0. The minimum Gasteiger partial charge on any atom is -0.444 e. The summed E-state index contributed by atoms with van der Waals surface area (Å²) in [5.41, 5.74) is 0. The van der Waals surface area contributed by atoms with Crippen LogP contribution < -0.4 is 0 Å². The average Bonchev–Trinajstić information content (AvgIpc) is 1.65. The minimum atomic E-state index is -1.75. The second kappa shape index (κ2) is 37.9. The molecule has 0 amide bonds. The summed E-state index contributed by atoms with van der Waals surface area (Å²) in [4.78, 5) is 24.2. The Labute approximate surface area is 72.5 Å². The molecule has 11 heteroatoms. The molecule has 10 nitrogen and oxygen atoms in total. The molecule has 0 rings (SSSR count). The van der Waals surface area contributed by atoms with Crippen molar-refractivity contribution in [1.29, 1.82) is 0 Å². The smallest absolute Gasteiger partial charge is 0.0689 e. The predicted molar refractivity (Wildman–Crippen MR) is 28.7 cm³/mol. The second-order valence-electron chi connectivity index (χ2n) is 0.373. The molecule has 0 fully saturated rings. The molecule has 0 radical (unpaired) electrons. The van der Waals surface area contributed by atoms with Crippen molar-refractivity contribution in [3.8, 4) is 0 Å². The van der Waals surface area contributed by atoms with E-state index in [1.165, 1.54) is 0 Å². The standard InChI is InChI=1S/NO3.2HNO2.Pd/c2-1(3)4;2*2-1-3;/h;2*(H,2,3);/q-1;;;/p-2. The zero-order chi connectivity index (χ0) is 8.99. The van der Waals surface area contributed by atoms with E-state index in [9.17, 15) is 0 Å². The molecule has 0 N–H and O–H groups in total. The summed E-state index contributed by atoms with van der Waals surface area (Å²) < 4.78 is 0. The predicted octanol–water partition coefficient (Wildman–Crippen LogP) is 0.260. The van der Waals surface area contributed by atoms with E-state index in [1.807, 2.05) is 0 Å². The average molecular weight is 260 g/mol. The maximum atomic E-state index is 8.25. The molecule has 70 valence electrons. The zero-order valence-corrected chi connectivity index (χ0v) is 6.07. The number of nitrogens with zero attached hydrogens (tertiary/aromatic N) is 3. The Morgan fingerprint density at radius 2 is 1.00 bits per heavy atom. The van der Waals surface area contributed by atoms with Crippen LogP contribution in [0.4, 0.5) is 0 Å². The van der Waals surface area contributed by atoms with Gasteiger partial charge in [0.25, 0.3) is 0 Å². The monoisotopic (exact) mass is 260 g/mol. The van der Waals surface area contributed by atoms with Crippen LogP contribution in [0.15, 0.2) is 10.7 Å². The van der Waals surface area contributed by atoms with Gasteiger partial charge in [-0.15, -0.1) is 10.7 Å². The SMILES string of the molecule is O=N[O-].O=N[O-].O=[N+]([O-])[O-].[Pd]. The first-order valence-corrected chi connectivity index (χ1v) is 1.28. The van der Waals surface area contributed by atoms with Gasteiger partial charge in [-0.1, -0.05) is 0 Å². The first-order chi connectivity index (χ1) is 4.56. The molecule has 0 aliphatic carbocycles. The molecule has 0 aromatic carbocycles. The van der Waals surface area contributed by atoms with E-state index < -0.39 is 5.09 Å². The molecule has 0 heterocycles. The van der Waals surface area contributed by atoms with Crippen molar-refractivity contribution in [3.63, 3.8) is 0 Å². The van der Waals surface area contributed by atoms with Crippen LogP contribution in [0.3, 0.4) is 0 Å². The van der Waals surface area contributed by atoms with Gasteiger partial charge >= 0.3 is 0 Å². The Morgan fingerprint density at radius 3 is 1.00 bits per heavy atom. The maximum absolute atomic E-state index is 8.25. The van der Waals surface area contributed by atoms with Crippen molar-refractivity contribution in [3.05, 3.63) is 35.6 Å². The fraction of sp³-hybridized carbons (Fsp3) is 0. The Morgan fingerprint density at radius 1 is 1.00 bits per heavy atom. The Bertz CT molecular complexity index is 81.7. The van der Waals surface area contributed by atoms with Gasteiger partial charge in [0.1, 0.15) is 0 Å². The van der Waals surface area contributed by atoms with Gasteiger partial charge in [-0.25, -0.2) is 0 Å². The first-order valence-electron chi connectivity index (χ1n) is 1.28. The summed E-state index contributed by atoms with van der Waals surface area (Å²) in [6.07, 6.45) is 0. The van der Waals surface area contributed by atoms with E-state index >= 15 is 0 Å². The molecule has 0 aliphatic heterocycles. The number of rotatable bonds is 0. The van der Waals surface area contributed by atoms with Crippen LogP contribution in [0.2, 0.25) is 0 Å². The molecule has 0 unspecified atom stereocenters. The van der Waals surface area contributed by atoms with Crippen molar-refractivity contribution in [2.75, 3.05) is 0 Å². The molecular weight excluding hydrogens is 260 g/mol. The van der Waals surface area contributed by atoms with E-state index in [1.54, 1.807) is 0 Å². The van der Waals surface area contributed by atoms with Crippen LogP contribution in [0, 0.1) is 35.6 Å². The summed E-state index contributed by atoms with van der Waals surface area (Å²) in [5, 5.41) is 32.8. The van der Waals surface area contributed by atoms with Gasteiger partial charge in [-0.05, 0) is 0 Å². The van der Waals surface area contributed by atoms with E-state index in [0.717, 1.165) is 10.7 Å². The largest absolute Gasteiger partial charge is 0.444 e. The Balaban J connectivity index is -0.0000000325. The third-order valence-corrected chi connectivity index (χ3v) is 0. The fourth-order valence-electron chi connectivity index (χ4n) is 0. The van der Waals surface area contributed by atoms with E-state index in [4.69, 9.17) is 35.6 Å². The summed E-state index contributed by atoms with van der Waals surface area (Å²) in [6.45, 7) is 0.